The fourth-order valence-electron chi connectivity index (χ4n) is 3.67. The number of aromatic nitrogens is 1. The van der Waals surface area contributed by atoms with Crippen LogP contribution in [0.25, 0.3) is 22.4 Å². The molecule has 1 aliphatic rings. The summed E-state index contributed by atoms with van der Waals surface area (Å²) in [6, 6.07) is 17.6. The van der Waals surface area contributed by atoms with Crippen molar-refractivity contribution in [2.45, 2.75) is 38.5 Å². The Hall–Kier alpha value is -1.97. The molecule has 3 aromatic rings. The van der Waals surface area contributed by atoms with Crippen LogP contribution >= 0.6 is 11.3 Å². The molecular weight excluding hydrogens is 336 g/mol. The predicted octanol–water partition coefficient (Wildman–Crippen LogP) is 6.07. The number of nitrogens with one attached hydrogen (secondary N) is 1. The summed E-state index contributed by atoms with van der Waals surface area (Å²) in [5.74, 6) is 1.18. The minimum Gasteiger partial charge on any atom is -0.317 e. The number of benzene rings is 2. The van der Waals surface area contributed by atoms with Gasteiger partial charge in [0.05, 0.1) is 10.7 Å². The maximum absolute atomic E-state index is 5.03. The van der Waals surface area contributed by atoms with Gasteiger partial charge in [-0.2, -0.15) is 0 Å². The van der Waals surface area contributed by atoms with E-state index < -0.39 is 0 Å². The molecule has 26 heavy (non-hydrogen) atoms. The van der Waals surface area contributed by atoms with E-state index in [1.165, 1.54) is 40.1 Å². The summed E-state index contributed by atoms with van der Waals surface area (Å²) >= 11 is 1.82. The molecule has 0 aliphatic carbocycles. The predicted molar refractivity (Wildman–Crippen MR) is 112 cm³/mol. The molecule has 2 heterocycles. The number of hydrogen-bond donors (Lipinski definition) is 1. The van der Waals surface area contributed by atoms with Crippen LogP contribution in [0.5, 0.6) is 0 Å². The van der Waals surface area contributed by atoms with Crippen LogP contribution in [0.3, 0.4) is 0 Å². The zero-order chi connectivity index (χ0) is 17.9. The van der Waals surface area contributed by atoms with Crippen LogP contribution < -0.4 is 5.32 Å². The van der Waals surface area contributed by atoms with Gasteiger partial charge in [-0.3, -0.25) is 0 Å². The SMILES string of the molecule is CC(C)c1ccc(-c2ccccc2-c2csc(C3CCNCC3)n2)cc1. The summed E-state index contributed by atoms with van der Waals surface area (Å²) in [6.07, 6.45) is 2.40. The molecule has 134 valence electrons. The zero-order valence-corrected chi connectivity index (χ0v) is 16.4. The molecule has 4 rings (SSSR count). The van der Waals surface area contributed by atoms with Gasteiger partial charge in [0.2, 0.25) is 0 Å². The quantitative estimate of drug-likeness (QED) is 0.609. The Labute approximate surface area is 160 Å². The zero-order valence-electron chi connectivity index (χ0n) is 15.5. The van der Waals surface area contributed by atoms with Crippen LogP contribution in [0, 0.1) is 0 Å². The van der Waals surface area contributed by atoms with Crippen molar-refractivity contribution in [1.29, 1.82) is 0 Å². The van der Waals surface area contributed by atoms with Crippen molar-refractivity contribution in [1.82, 2.24) is 10.3 Å². The molecule has 0 unspecified atom stereocenters. The Morgan fingerprint density at radius 1 is 0.962 bits per heavy atom. The molecule has 2 nitrogen and oxygen atoms in total. The van der Waals surface area contributed by atoms with Crippen molar-refractivity contribution < 1.29 is 0 Å². The van der Waals surface area contributed by atoms with Crippen molar-refractivity contribution in [3.05, 3.63) is 64.5 Å². The number of nitrogens with zero attached hydrogens (tertiary/aromatic N) is 1. The molecule has 0 saturated carbocycles. The molecule has 0 amide bonds. The molecule has 3 heteroatoms. The van der Waals surface area contributed by atoms with Gasteiger partial charge in [-0.05, 0) is 48.5 Å². The average molecular weight is 363 g/mol. The monoisotopic (exact) mass is 362 g/mol. The molecule has 1 N–H and O–H groups in total. The van der Waals surface area contributed by atoms with Crippen LogP contribution in [0.2, 0.25) is 0 Å². The van der Waals surface area contributed by atoms with Crippen LogP contribution in [-0.2, 0) is 0 Å². The van der Waals surface area contributed by atoms with E-state index in [4.69, 9.17) is 4.98 Å². The Morgan fingerprint density at radius 3 is 2.35 bits per heavy atom. The average Bonchev–Trinajstić information content (AvgIpc) is 3.19. The number of rotatable bonds is 4. The van der Waals surface area contributed by atoms with Crippen molar-refractivity contribution in [2.75, 3.05) is 13.1 Å². The van der Waals surface area contributed by atoms with Gasteiger partial charge in [0.25, 0.3) is 0 Å². The van der Waals surface area contributed by atoms with Crippen LogP contribution in [0.4, 0.5) is 0 Å². The number of thiazole rings is 1. The Kier molecular flexibility index (Phi) is 5.18. The first-order chi connectivity index (χ1) is 12.7. The third kappa shape index (κ3) is 3.60. The lowest BCUT2D eigenvalue weighted by Gasteiger charge is -2.20. The van der Waals surface area contributed by atoms with E-state index in [1.54, 1.807) is 0 Å². The van der Waals surface area contributed by atoms with Gasteiger partial charge in [0, 0.05) is 16.9 Å². The van der Waals surface area contributed by atoms with Crippen LogP contribution in [0.15, 0.2) is 53.9 Å². The first-order valence-electron chi connectivity index (χ1n) is 9.58. The van der Waals surface area contributed by atoms with Gasteiger partial charge in [0.1, 0.15) is 0 Å². The molecule has 0 atom stereocenters. The summed E-state index contributed by atoms with van der Waals surface area (Å²) in [5.41, 5.74) is 6.27. The van der Waals surface area contributed by atoms with Gasteiger partial charge in [-0.15, -0.1) is 11.3 Å². The maximum atomic E-state index is 5.03. The normalized spacial score (nSPS) is 15.5. The standard InChI is InChI=1S/C23H26N2S/c1-16(2)17-7-9-18(10-8-17)20-5-3-4-6-21(20)22-15-26-23(25-22)19-11-13-24-14-12-19/h3-10,15-16,19,24H,11-14H2,1-2H3. The van der Waals surface area contributed by atoms with Gasteiger partial charge in [-0.25, -0.2) is 4.98 Å². The van der Waals surface area contributed by atoms with Crippen molar-refractivity contribution in [2.24, 2.45) is 0 Å². The second kappa shape index (κ2) is 7.73. The fourth-order valence-corrected chi connectivity index (χ4v) is 4.66. The molecule has 2 aromatic carbocycles. The van der Waals surface area contributed by atoms with Crippen molar-refractivity contribution >= 4 is 11.3 Å². The second-order valence-corrected chi connectivity index (χ2v) is 8.31. The molecule has 1 aliphatic heterocycles. The molecule has 0 spiro atoms. The van der Waals surface area contributed by atoms with E-state index in [0.29, 0.717) is 11.8 Å². The first kappa shape index (κ1) is 17.4. The summed E-state index contributed by atoms with van der Waals surface area (Å²) in [4.78, 5) is 5.03. The second-order valence-electron chi connectivity index (χ2n) is 7.42. The molecule has 1 aromatic heterocycles. The first-order valence-corrected chi connectivity index (χ1v) is 10.5. The van der Waals surface area contributed by atoms with Crippen LogP contribution in [-0.4, -0.2) is 18.1 Å². The molecular formula is C23H26N2S. The van der Waals surface area contributed by atoms with E-state index in [-0.39, 0.29) is 0 Å². The Bertz CT molecular complexity index is 858. The summed E-state index contributed by atoms with van der Waals surface area (Å²) in [7, 11) is 0. The lowest BCUT2D eigenvalue weighted by molar-refractivity contribution is 0.459. The molecule has 0 radical (unpaired) electrons. The Morgan fingerprint density at radius 2 is 1.65 bits per heavy atom. The smallest absolute Gasteiger partial charge is 0.0964 e. The number of piperidine rings is 1. The molecule has 1 fully saturated rings. The van der Waals surface area contributed by atoms with E-state index in [0.717, 1.165) is 18.8 Å². The van der Waals surface area contributed by atoms with Crippen molar-refractivity contribution in [3.63, 3.8) is 0 Å². The highest BCUT2D eigenvalue weighted by Gasteiger charge is 2.19. The van der Waals surface area contributed by atoms with E-state index >= 15 is 0 Å². The van der Waals surface area contributed by atoms with E-state index in [9.17, 15) is 0 Å². The molecule has 1 saturated heterocycles. The third-order valence-corrected chi connectivity index (χ3v) is 6.31. The lowest BCUT2D eigenvalue weighted by atomic mass is 9.95. The highest BCUT2D eigenvalue weighted by atomic mass is 32.1. The van der Waals surface area contributed by atoms with E-state index in [2.05, 4.69) is 73.1 Å². The Balaban J connectivity index is 1.66. The van der Waals surface area contributed by atoms with E-state index in [1.807, 2.05) is 11.3 Å². The highest BCUT2D eigenvalue weighted by molar-refractivity contribution is 7.10. The summed E-state index contributed by atoms with van der Waals surface area (Å²) in [6.45, 7) is 6.69. The van der Waals surface area contributed by atoms with Gasteiger partial charge in [0.15, 0.2) is 0 Å². The van der Waals surface area contributed by atoms with Gasteiger partial charge >= 0.3 is 0 Å². The van der Waals surface area contributed by atoms with Crippen LogP contribution in [0.1, 0.15) is 49.1 Å². The molecule has 0 bridgehead atoms. The van der Waals surface area contributed by atoms with Crippen molar-refractivity contribution in [3.8, 4) is 22.4 Å². The lowest BCUT2D eigenvalue weighted by Crippen LogP contribution is -2.26. The third-order valence-electron chi connectivity index (χ3n) is 5.30. The minimum absolute atomic E-state index is 0.561. The van der Waals surface area contributed by atoms with Gasteiger partial charge in [-0.1, -0.05) is 62.4 Å². The summed E-state index contributed by atoms with van der Waals surface area (Å²) < 4.78 is 0. The topological polar surface area (TPSA) is 24.9 Å². The summed E-state index contributed by atoms with van der Waals surface area (Å²) in [5, 5.41) is 6.98. The highest BCUT2D eigenvalue weighted by Crippen LogP contribution is 2.36. The minimum atomic E-state index is 0.561. The van der Waals surface area contributed by atoms with Gasteiger partial charge < -0.3 is 5.32 Å². The fraction of sp³-hybridized carbons (Fsp3) is 0.348. The largest absolute Gasteiger partial charge is 0.317 e. The maximum Gasteiger partial charge on any atom is 0.0964 e. The number of hydrogen-bond acceptors (Lipinski definition) is 3.